The lowest BCUT2D eigenvalue weighted by molar-refractivity contribution is 0.158. The zero-order chi connectivity index (χ0) is 15.1. The number of amides is 2. The van der Waals surface area contributed by atoms with Gasteiger partial charge in [-0.15, -0.1) is 12.8 Å². The van der Waals surface area contributed by atoms with Gasteiger partial charge >= 0.3 is 12.2 Å². The van der Waals surface area contributed by atoms with Gasteiger partial charge in [0.05, 0.1) is 0 Å². The molecule has 0 fully saturated rings. The number of hydrogen-bond acceptors (Lipinski definition) is 4. The van der Waals surface area contributed by atoms with Crippen LogP contribution in [0.5, 0.6) is 0 Å². The van der Waals surface area contributed by atoms with E-state index < -0.39 is 12.2 Å². The van der Waals surface area contributed by atoms with E-state index >= 15 is 0 Å². The summed E-state index contributed by atoms with van der Waals surface area (Å²) in [4.78, 5) is 22.0. The van der Waals surface area contributed by atoms with E-state index in [9.17, 15) is 9.59 Å². The predicted molar refractivity (Wildman–Crippen MR) is 74.8 cm³/mol. The quantitative estimate of drug-likeness (QED) is 0.492. The Hall–Kier alpha value is -2.34. The summed E-state index contributed by atoms with van der Waals surface area (Å²) in [5, 5.41) is 5.17. The molecule has 6 heteroatoms. The highest BCUT2D eigenvalue weighted by Gasteiger charge is 2.00. The summed E-state index contributed by atoms with van der Waals surface area (Å²) in [6.07, 6.45) is 12.5. The first kappa shape index (κ1) is 17.7. The zero-order valence-corrected chi connectivity index (χ0v) is 11.4. The molecule has 0 bridgehead atoms. The molecule has 0 aromatic heterocycles. The van der Waals surface area contributed by atoms with Crippen LogP contribution in [0.25, 0.3) is 0 Å². The average Bonchev–Trinajstić information content (AvgIpc) is 2.45. The van der Waals surface area contributed by atoms with Crippen LogP contribution in [0.3, 0.4) is 0 Å². The second-order valence-corrected chi connectivity index (χ2v) is 3.83. The van der Waals surface area contributed by atoms with E-state index in [0.29, 0.717) is 13.1 Å². The highest BCUT2D eigenvalue weighted by molar-refractivity contribution is 5.67. The lowest BCUT2D eigenvalue weighted by atomic mass is 10.2. The highest BCUT2D eigenvalue weighted by Crippen LogP contribution is 1.98. The normalized spacial score (nSPS) is 8.90. The Balaban J connectivity index is 3.25. The van der Waals surface area contributed by atoms with Crippen molar-refractivity contribution in [3.8, 4) is 24.7 Å². The first-order valence-corrected chi connectivity index (χ1v) is 6.39. The maximum absolute atomic E-state index is 11.0. The highest BCUT2D eigenvalue weighted by atomic mass is 16.6. The molecular formula is C14H20N2O4. The van der Waals surface area contributed by atoms with Crippen LogP contribution >= 0.6 is 0 Å². The number of alkyl carbamates (subject to hydrolysis) is 2. The fourth-order valence-electron chi connectivity index (χ4n) is 1.30. The molecule has 6 nitrogen and oxygen atoms in total. The molecule has 0 heterocycles. The summed E-state index contributed by atoms with van der Waals surface area (Å²) in [5.74, 6) is 4.41. The van der Waals surface area contributed by atoms with Gasteiger partial charge in [-0.2, -0.15) is 0 Å². The Bertz CT molecular complexity index is 332. The van der Waals surface area contributed by atoms with Crippen molar-refractivity contribution < 1.29 is 19.1 Å². The van der Waals surface area contributed by atoms with Gasteiger partial charge in [0.1, 0.15) is 0 Å². The first-order valence-electron chi connectivity index (χ1n) is 6.39. The van der Waals surface area contributed by atoms with Gasteiger partial charge in [0, 0.05) is 13.1 Å². The number of rotatable bonds is 9. The van der Waals surface area contributed by atoms with E-state index in [0.717, 1.165) is 25.7 Å². The third kappa shape index (κ3) is 12.1. The number of ether oxygens (including phenoxy) is 2. The lowest BCUT2D eigenvalue weighted by Crippen LogP contribution is -2.26. The van der Waals surface area contributed by atoms with Gasteiger partial charge in [0.2, 0.25) is 0 Å². The molecular weight excluding hydrogens is 260 g/mol. The molecule has 2 amide bonds. The summed E-state index contributed by atoms with van der Waals surface area (Å²) < 4.78 is 9.27. The standard InChI is InChI=1S/C14H20N2O4/c1-3-11-19-13(17)15-9-7-5-6-8-10-16-14(18)20-12-4-2/h1-2H,5-12H2,(H,15,17)(H,16,18). The van der Waals surface area contributed by atoms with Crippen molar-refractivity contribution in [1.82, 2.24) is 10.6 Å². The van der Waals surface area contributed by atoms with Crippen molar-refractivity contribution in [1.29, 1.82) is 0 Å². The molecule has 0 saturated heterocycles. The van der Waals surface area contributed by atoms with E-state index in [1.54, 1.807) is 0 Å². The Labute approximate surface area is 119 Å². The van der Waals surface area contributed by atoms with Crippen molar-refractivity contribution in [2.24, 2.45) is 0 Å². The number of carbonyl (C=O) groups is 2. The molecule has 0 aromatic carbocycles. The third-order valence-corrected chi connectivity index (χ3v) is 2.22. The topological polar surface area (TPSA) is 76.7 Å². The van der Waals surface area contributed by atoms with E-state index in [1.807, 2.05) is 0 Å². The van der Waals surface area contributed by atoms with E-state index in [1.165, 1.54) is 0 Å². The monoisotopic (exact) mass is 280 g/mol. The smallest absolute Gasteiger partial charge is 0.408 e. The van der Waals surface area contributed by atoms with Gasteiger partial charge in [-0.25, -0.2) is 9.59 Å². The van der Waals surface area contributed by atoms with Crippen molar-refractivity contribution in [3.63, 3.8) is 0 Å². The van der Waals surface area contributed by atoms with E-state index in [-0.39, 0.29) is 13.2 Å². The fourth-order valence-corrected chi connectivity index (χ4v) is 1.30. The molecule has 0 rings (SSSR count). The zero-order valence-electron chi connectivity index (χ0n) is 11.4. The number of carbonyl (C=O) groups excluding carboxylic acids is 2. The maximum Gasteiger partial charge on any atom is 0.408 e. The van der Waals surface area contributed by atoms with Crippen LogP contribution in [0.1, 0.15) is 25.7 Å². The van der Waals surface area contributed by atoms with Crippen molar-refractivity contribution in [3.05, 3.63) is 0 Å². The number of hydrogen-bond donors (Lipinski definition) is 2. The molecule has 0 unspecified atom stereocenters. The van der Waals surface area contributed by atoms with Crippen LogP contribution < -0.4 is 10.6 Å². The number of unbranched alkanes of at least 4 members (excludes halogenated alkanes) is 3. The molecule has 0 aliphatic heterocycles. The van der Waals surface area contributed by atoms with Crippen LogP contribution in [0.2, 0.25) is 0 Å². The molecule has 0 saturated carbocycles. The summed E-state index contributed by atoms with van der Waals surface area (Å²) in [7, 11) is 0. The second kappa shape index (κ2) is 13.1. The van der Waals surface area contributed by atoms with Crippen molar-refractivity contribution in [2.75, 3.05) is 26.3 Å². The van der Waals surface area contributed by atoms with E-state index in [4.69, 9.17) is 12.8 Å². The van der Waals surface area contributed by atoms with Crippen LogP contribution in [0, 0.1) is 24.7 Å². The van der Waals surface area contributed by atoms with Gasteiger partial charge in [0.15, 0.2) is 13.2 Å². The molecule has 0 aromatic rings. The Kier molecular flexibility index (Phi) is 11.6. The lowest BCUT2D eigenvalue weighted by Gasteiger charge is -2.06. The Morgan fingerprint density at radius 1 is 0.800 bits per heavy atom. The molecule has 0 atom stereocenters. The SMILES string of the molecule is C#CCOC(=O)NCCCCCCNC(=O)OCC#C. The van der Waals surface area contributed by atoms with Gasteiger partial charge in [-0.05, 0) is 12.8 Å². The molecule has 0 spiro atoms. The summed E-state index contributed by atoms with van der Waals surface area (Å²) in [6, 6.07) is 0. The Morgan fingerprint density at radius 3 is 1.55 bits per heavy atom. The predicted octanol–water partition coefficient (Wildman–Crippen LogP) is 1.27. The minimum Gasteiger partial charge on any atom is -0.436 e. The largest absolute Gasteiger partial charge is 0.436 e. The van der Waals surface area contributed by atoms with Crippen LogP contribution in [-0.2, 0) is 9.47 Å². The van der Waals surface area contributed by atoms with Gasteiger partial charge in [-0.1, -0.05) is 24.7 Å². The van der Waals surface area contributed by atoms with Crippen LogP contribution in [0.4, 0.5) is 9.59 Å². The number of nitrogens with one attached hydrogen (secondary N) is 2. The van der Waals surface area contributed by atoms with E-state index in [2.05, 4.69) is 31.9 Å². The summed E-state index contributed by atoms with van der Waals surface area (Å²) >= 11 is 0. The van der Waals surface area contributed by atoms with Crippen LogP contribution in [-0.4, -0.2) is 38.5 Å². The molecule has 110 valence electrons. The molecule has 0 radical (unpaired) electrons. The minimum absolute atomic E-state index is 0.0206. The first-order chi connectivity index (χ1) is 9.70. The fraction of sp³-hybridized carbons (Fsp3) is 0.571. The summed E-state index contributed by atoms with van der Waals surface area (Å²) in [5.41, 5.74) is 0. The molecule has 20 heavy (non-hydrogen) atoms. The average molecular weight is 280 g/mol. The van der Waals surface area contributed by atoms with Crippen molar-refractivity contribution >= 4 is 12.2 Å². The summed E-state index contributed by atoms with van der Waals surface area (Å²) in [6.45, 7) is 1.04. The number of terminal acetylenes is 2. The van der Waals surface area contributed by atoms with Crippen molar-refractivity contribution in [2.45, 2.75) is 25.7 Å². The van der Waals surface area contributed by atoms with Gasteiger partial charge in [0.25, 0.3) is 0 Å². The maximum atomic E-state index is 11.0. The second-order valence-electron chi connectivity index (χ2n) is 3.83. The molecule has 0 aliphatic carbocycles. The van der Waals surface area contributed by atoms with Crippen LogP contribution in [0.15, 0.2) is 0 Å². The third-order valence-electron chi connectivity index (χ3n) is 2.22. The minimum atomic E-state index is -0.499. The molecule has 2 N–H and O–H groups in total. The van der Waals surface area contributed by atoms with Gasteiger partial charge < -0.3 is 20.1 Å². The van der Waals surface area contributed by atoms with Gasteiger partial charge in [-0.3, -0.25) is 0 Å². The Morgan fingerprint density at radius 2 is 1.20 bits per heavy atom. The molecule has 0 aliphatic rings.